The van der Waals surface area contributed by atoms with Crippen molar-refractivity contribution in [1.82, 2.24) is 9.88 Å². The second-order valence-electron chi connectivity index (χ2n) is 5.34. The molecule has 2 aromatic rings. The van der Waals surface area contributed by atoms with Crippen LogP contribution in [0, 0.1) is 0 Å². The average molecular weight is 297 g/mol. The second kappa shape index (κ2) is 7.59. The smallest absolute Gasteiger partial charge is 0.219 e. The molecule has 0 saturated heterocycles. The van der Waals surface area contributed by atoms with Crippen molar-refractivity contribution in [3.8, 4) is 0 Å². The van der Waals surface area contributed by atoms with Crippen molar-refractivity contribution in [3.05, 3.63) is 59.9 Å². The maximum Gasteiger partial charge on any atom is 0.219 e. The quantitative estimate of drug-likeness (QED) is 0.885. The number of pyridine rings is 1. The van der Waals surface area contributed by atoms with Gasteiger partial charge in [0.2, 0.25) is 5.91 Å². The van der Waals surface area contributed by atoms with Crippen molar-refractivity contribution in [3.63, 3.8) is 0 Å². The minimum absolute atomic E-state index is 0.0967. The number of para-hydroxylation sites is 1. The molecule has 116 valence electrons. The molecule has 0 spiro atoms. The Labute approximate surface area is 132 Å². The molecule has 0 aliphatic rings. The van der Waals surface area contributed by atoms with Crippen LogP contribution in [0.25, 0.3) is 0 Å². The van der Waals surface area contributed by atoms with E-state index in [1.165, 1.54) is 5.56 Å². The maximum absolute atomic E-state index is 11.6. The molecular formula is C18H23N3O. The molecule has 1 heterocycles. The topological polar surface area (TPSA) is 45.2 Å². The lowest BCUT2D eigenvalue weighted by molar-refractivity contribution is -0.129. The zero-order chi connectivity index (χ0) is 15.9. The van der Waals surface area contributed by atoms with Crippen LogP contribution in [0.3, 0.4) is 0 Å². The van der Waals surface area contributed by atoms with Crippen molar-refractivity contribution in [2.75, 3.05) is 11.9 Å². The highest BCUT2D eigenvalue weighted by molar-refractivity contribution is 5.73. The average Bonchev–Trinajstić information content (AvgIpc) is 2.54. The maximum atomic E-state index is 11.6. The summed E-state index contributed by atoms with van der Waals surface area (Å²) in [6.07, 6.45) is 3.60. The molecule has 22 heavy (non-hydrogen) atoms. The molecule has 0 aliphatic carbocycles. The van der Waals surface area contributed by atoms with Gasteiger partial charge in [-0.1, -0.05) is 18.2 Å². The van der Waals surface area contributed by atoms with Crippen LogP contribution < -0.4 is 5.32 Å². The van der Waals surface area contributed by atoms with E-state index < -0.39 is 0 Å². The zero-order valence-electron chi connectivity index (χ0n) is 13.4. The molecule has 1 atom stereocenters. The van der Waals surface area contributed by atoms with Crippen LogP contribution in [-0.4, -0.2) is 22.3 Å². The molecular weight excluding hydrogens is 274 g/mol. The Morgan fingerprint density at radius 3 is 2.55 bits per heavy atom. The lowest BCUT2D eigenvalue weighted by Crippen LogP contribution is -2.28. The number of benzene rings is 1. The van der Waals surface area contributed by atoms with Crippen LogP contribution in [0.4, 0.5) is 5.69 Å². The molecule has 4 nitrogen and oxygen atoms in total. The number of nitrogens with zero attached hydrogens (tertiary/aromatic N) is 2. The summed E-state index contributed by atoms with van der Waals surface area (Å²) < 4.78 is 0. The van der Waals surface area contributed by atoms with E-state index in [-0.39, 0.29) is 11.9 Å². The Balaban J connectivity index is 2.16. The van der Waals surface area contributed by atoms with Gasteiger partial charge < -0.3 is 10.2 Å². The molecule has 1 aromatic heterocycles. The molecule has 0 unspecified atom stereocenters. The molecule has 0 radical (unpaired) electrons. The first kappa shape index (κ1) is 16.0. The fourth-order valence-electron chi connectivity index (χ4n) is 2.42. The number of anilines is 1. The summed E-state index contributed by atoms with van der Waals surface area (Å²) in [6, 6.07) is 12.3. The minimum atomic E-state index is 0.0967. The van der Waals surface area contributed by atoms with Crippen LogP contribution >= 0.6 is 0 Å². The predicted octanol–water partition coefficient (Wildman–Crippen LogP) is 3.62. The van der Waals surface area contributed by atoms with E-state index >= 15 is 0 Å². The van der Waals surface area contributed by atoms with Gasteiger partial charge in [0, 0.05) is 44.1 Å². The Morgan fingerprint density at radius 2 is 1.91 bits per heavy atom. The highest BCUT2D eigenvalue weighted by atomic mass is 16.2. The minimum Gasteiger partial charge on any atom is -0.378 e. The molecule has 2 rings (SSSR count). The Kier molecular flexibility index (Phi) is 5.53. The van der Waals surface area contributed by atoms with Gasteiger partial charge in [0.15, 0.2) is 0 Å². The largest absolute Gasteiger partial charge is 0.378 e. The van der Waals surface area contributed by atoms with E-state index in [2.05, 4.69) is 29.4 Å². The molecule has 0 saturated carbocycles. The van der Waals surface area contributed by atoms with Gasteiger partial charge in [0.1, 0.15) is 0 Å². The standard InChI is InChI=1S/C18H23N3O/c1-4-21(15(3)22)13-17-7-5-6-8-18(17)20-14(2)16-9-11-19-12-10-16/h5-12,14,20H,4,13H2,1-3H3/t14-/m0/s1. The van der Waals surface area contributed by atoms with Gasteiger partial charge in [-0.05, 0) is 43.2 Å². The summed E-state index contributed by atoms with van der Waals surface area (Å²) in [4.78, 5) is 17.5. The first-order chi connectivity index (χ1) is 10.6. The SMILES string of the molecule is CCN(Cc1ccccc1N[C@@H](C)c1ccncc1)C(C)=O. The van der Waals surface area contributed by atoms with Gasteiger partial charge in [-0.3, -0.25) is 9.78 Å². The Hall–Kier alpha value is -2.36. The second-order valence-corrected chi connectivity index (χ2v) is 5.34. The Bertz CT molecular complexity index is 613. The van der Waals surface area contributed by atoms with E-state index in [9.17, 15) is 4.79 Å². The Morgan fingerprint density at radius 1 is 1.23 bits per heavy atom. The van der Waals surface area contributed by atoms with Gasteiger partial charge >= 0.3 is 0 Å². The predicted molar refractivity (Wildman–Crippen MR) is 89.5 cm³/mol. The monoisotopic (exact) mass is 297 g/mol. The lowest BCUT2D eigenvalue weighted by atomic mass is 10.1. The summed E-state index contributed by atoms with van der Waals surface area (Å²) >= 11 is 0. The summed E-state index contributed by atoms with van der Waals surface area (Å²) in [5, 5.41) is 3.53. The summed E-state index contributed by atoms with van der Waals surface area (Å²) in [5.41, 5.74) is 3.37. The highest BCUT2D eigenvalue weighted by Gasteiger charge is 2.12. The molecule has 1 aromatic carbocycles. The summed E-state index contributed by atoms with van der Waals surface area (Å²) in [5.74, 6) is 0.0967. The number of amides is 1. The van der Waals surface area contributed by atoms with Gasteiger partial charge in [-0.15, -0.1) is 0 Å². The van der Waals surface area contributed by atoms with Crippen LogP contribution in [-0.2, 0) is 11.3 Å². The summed E-state index contributed by atoms with van der Waals surface area (Å²) in [7, 11) is 0. The van der Waals surface area contributed by atoms with Gasteiger partial charge in [0.05, 0.1) is 0 Å². The van der Waals surface area contributed by atoms with Gasteiger partial charge in [0.25, 0.3) is 0 Å². The van der Waals surface area contributed by atoms with Crippen molar-refractivity contribution in [2.24, 2.45) is 0 Å². The first-order valence-corrected chi connectivity index (χ1v) is 7.61. The van der Waals surface area contributed by atoms with Crippen molar-refractivity contribution >= 4 is 11.6 Å². The molecule has 4 heteroatoms. The third-order valence-corrected chi connectivity index (χ3v) is 3.78. The third-order valence-electron chi connectivity index (χ3n) is 3.78. The third kappa shape index (κ3) is 4.07. The van der Waals surface area contributed by atoms with Crippen LogP contribution in [0.5, 0.6) is 0 Å². The van der Waals surface area contributed by atoms with E-state index in [0.29, 0.717) is 13.1 Å². The van der Waals surface area contributed by atoms with E-state index in [1.807, 2.05) is 36.1 Å². The molecule has 0 aliphatic heterocycles. The van der Waals surface area contributed by atoms with Crippen molar-refractivity contribution in [1.29, 1.82) is 0 Å². The van der Waals surface area contributed by atoms with Crippen LogP contribution in [0.15, 0.2) is 48.8 Å². The first-order valence-electron chi connectivity index (χ1n) is 7.61. The zero-order valence-corrected chi connectivity index (χ0v) is 13.4. The number of aromatic nitrogens is 1. The number of hydrogen-bond donors (Lipinski definition) is 1. The molecule has 0 bridgehead atoms. The van der Waals surface area contributed by atoms with E-state index in [1.54, 1.807) is 19.3 Å². The van der Waals surface area contributed by atoms with Crippen LogP contribution in [0.1, 0.15) is 37.9 Å². The van der Waals surface area contributed by atoms with Crippen LogP contribution in [0.2, 0.25) is 0 Å². The number of carbonyl (C=O) groups is 1. The molecule has 1 N–H and O–H groups in total. The summed E-state index contributed by atoms with van der Waals surface area (Å²) in [6.45, 7) is 7.06. The van der Waals surface area contributed by atoms with E-state index in [4.69, 9.17) is 0 Å². The number of hydrogen-bond acceptors (Lipinski definition) is 3. The number of rotatable bonds is 6. The van der Waals surface area contributed by atoms with Gasteiger partial charge in [-0.25, -0.2) is 0 Å². The van der Waals surface area contributed by atoms with Crippen molar-refractivity contribution in [2.45, 2.75) is 33.4 Å². The normalized spacial score (nSPS) is 11.8. The highest BCUT2D eigenvalue weighted by Crippen LogP contribution is 2.23. The van der Waals surface area contributed by atoms with Crippen molar-refractivity contribution < 1.29 is 4.79 Å². The molecule has 0 fully saturated rings. The van der Waals surface area contributed by atoms with E-state index in [0.717, 1.165) is 11.3 Å². The lowest BCUT2D eigenvalue weighted by Gasteiger charge is -2.23. The fourth-order valence-corrected chi connectivity index (χ4v) is 2.42. The number of nitrogens with one attached hydrogen (secondary N) is 1. The molecule has 1 amide bonds. The number of carbonyl (C=O) groups excluding carboxylic acids is 1. The fraction of sp³-hybridized carbons (Fsp3) is 0.333. The van der Waals surface area contributed by atoms with Gasteiger partial charge in [-0.2, -0.15) is 0 Å².